The Morgan fingerprint density at radius 1 is 1.05 bits per heavy atom. The zero-order chi connectivity index (χ0) is 28.4. The fraction of sp³-hybridized carbons (Fsp3) is 0.607. The van der Waals surface area contributed by atoms with Crippen molar-refractivity contribution in [2.75, 3.05) is 50.7 Å². The number of allylic oxidation sites excluding steroid dienone is 4. The summed E-state index contributed by atoms with van der Waals surface area (Å²) in [6.07, 6.45) is -3.02. The maximum Gasteiger partial charge on any atom is 0.422 e. The number of hydrogen-bond acceptors (Lipinski definition) is 6. The average Bonchev–Trinajstić information content (AvgIpc) is 3.35. The van der Waals surface area contributed by atoms with Crippen LogP contribution in [0, 0.1) is 10.1 Å². The van der Waals surface area contributed by atoms with Gasteiger partial charge in [0.15, 0.2) is 0 Å². The molecule has 11 heteroatoms. The highest BCUT2D eigenvalue weighted by atomic mass is 19.4. The number of anilines is 1. The van der Waals surface area contributed by atoms with Gasteiger partial charge in [0.2, 0.25) is 5.91 Å². The molecule has 0 aromatic heterocycles. The Hall–Kier alpha value is -3.08. The number of benzene rings is 1. The normalized spacial score (nSPS) is 21.3. The number of alkyl halides is 3. The van der Waals surface area contributed by atoms with Crippen LogP contribution in [0.5, 0.6) is 0 Å². The van der Waals surface area contributed by atoms with Crippen LogP contribution in [0.25, 0.3) is 0 Å². The molecule has 1 amide bonds. The topological polar surface area (TPSA) is 82.0 Å². The molecule has 2 fully saturated rings. The number of carbonyl (C=O) groups excluding carboxylic acids is 1. The summed E-state index contributed by atoms with van der Waals surface area (Å²) < 4.78 is 39.9. The summed E-state index contributed by atoms with van der Waals surface area (Å²) >= 11 is 0. The van der Waals surface area contributed by atoms with E-state index >= 15 is 0 Å². The van der Waals surface area contributed by atoms with E-state index in [1.165, 1.54) is 11.3 Å². The average molecular weight is 550 g/mol. The number of nitro groups is 1. The van der Waals surface area contributed by atoms with Gasteiger partial charge in [0.05, 0.1) is 4.92 Å². The fourth-order valence-corrected chi connectivity index (χ4v) is 5.45. The number of piperazine rings is 1. The summed E-state index contributed by atoms with van der Waals surface area (Å²) in [5, 5.41) is 14.1. The SMILES string of the molecule is CC(C)(C)c1ccc(N2CCN(CCC(=O)N3CC[C@@H](NC4=CC(C(F)(F)F)=C([N+](=O)[O-])CC4)C3)CC2)cc1. The summed E-state index contributed by atoms with van der Waals surface area (Å²) in [6, 6.07) is 8.59. The lowest BCUT2D eigenvalue weighted by Crippen LogP contribution is -2.47. The second-order valence-corrected chi connectivity index (χ2v) is 11.6. The van der Waals surface area contributed by atoms with Gasteiger partial charge in [-0.1, -0.05) is 32.9 Å². The molecule has 3 aliphatic rings. The first-order valence-corrected chi connectivity index (χ1v) is 13.6. The third-order valence-electron chi connectivity index (χ3n) is 7.83. The maximum atomic E-state index is 13.3. The van der Waals surface area contributed by atoms with Gasteiger partial charge in [0.1, 0.15) is 5.57 Å². The van der Waals surface area contributed by atoms with Gasteiger partial charge in [-0.05, 0) is 42.0 Å². The van der Waals surface area contributed by atoms with Crippen molar-refractivity contribution in [3.63, 3.8) is 0 Å². The van der Waals surface area contributed by atoms with Crippen LogP contribution in [0.4, 0.5) is 18.9 Å². The number of rotatable bonds is 7. The number of nitrogens with one attached hydrogen (secondary N) is 1. The lowest BCUT2D eigenvalue weighted by atomic mass is 9.87. The molecule has 2 heterocycles. The minimum absolute atomic E-state index is 0.0450. The second kappa shape index (κ2) is 11.6. The van der Waals surface area contributed by atoms with Gasteiger partial charge in [-0.2, -0.15) is 13.2 Å². The molecule has 214 valence electrons. The highest BCUT2D eigenvalue weighted by molar-refractivity contribution is 5.76. The van der Waals surface area contributed by atoms with Crippen molar-refractivity contribution in [2.45, 2.75) is 64.1 Å². The molecule has 0 radical (unpaired) electrons. The van der Waals surface area contributed by atoms with Crippen LogP contribution in [0.1, 0.15) is 52.0 Å². The number of hydrogen-bond donors (Lipinski definition) is 1. The van der Waals surface area contributed by atoms with Crippen LogP contribution in [0.15, 0.2) is 47.3 Å². The maximum absolute atomic E-state index is 13.3. The summed E-state index contributed by atoms with van der Waals surface area (Å²) in [4.78, 5) is 29.4. The minimum Gasteiger partial charge on any atom is -0.384 e. The van der Waals surface area contributed by atoms with E-state index < -0.39 is 22.4 Å². The van der Waals surface area contributed by atoms with E-state index in [9.17, 15) is 28.1 Å². The Morgan fingerprint density at radius 2 is 1.72 bits per heavy atom. The molecule has 2 aliphatic heterocycles. The van der Waals surface area contributed by atoms with Crippen molar-refractivity contribution in [2.24, 2.45) is 0 Å². The first-order valence-electron chi connectivity index (χ1n) is 13.6. The predicted octanol–water partition coefficient (Wildman–Crippen LogP) is 4.46. The van der Waals surface area contributed by atoms with Crippen molar-refractivity contribution >= 4 is 11.6 Å². The molecule has 4 rings (SSSR count). The van der Waals surface area contributed by atoms with Crippen molar-refractivity contribution in [3.8, 4) is 0 Å². The molecule has 0 bridgehead atoms. The van der Waals surface area contributed by atoms with E-state index in [1.54, 1.807) is 4.90 Å². The molecular formula is C28H38F3N5O3. The zero-order valence-corrected chi connectivity index (χ0v) is 22.9. The minimum atomic E-state index is -4.78. The Morgan fingerprint density at radius 3 is 2.31 bits per heavy atom. The van der Waals surface area contributed by atoms with Gasteiger partial charge in [0, 0.05) is 76.1 Å². The molecule has 1 aromatic carbocycles. The van der Waals surface area contributed by atoms with E-state index in [-0.39, 0.29) is 30.2 Å². The number of likely N-dealkylation sites (tertiary alicyclic amines) is 1. The van der Waals surface area contributed by atoms with Gasteiger partial charge in [0.25, 0.3) is 5.70 Å². The molecule has 1 aliphatic carbocycles. The molecule has 0 unspecified atom stereocenters. The van der Waals surface area contributed by atoms with Crippen molar-refractivity contribution in [3.05, 3.63) is 63.0 Å². The van der Waals surface area contributed by atoms with Gasteiger partial charge in [-0.3, -0.25) is 19.8 Å². The Labute approximate surface area is 227 Å². The lowest BCUT2D eigenvalue weighted by molar-refractivity contribution is -0.430. The molecule has 1 aromatic rings. The third kappa shape index (κ3) is 7.32. The van der Waals surface area contributed by atoms with Crippen LogP contribution in [0.2, 0.25) is 0 Å². The molecule has 1 N–H and O–H groups in total. The highest BCUT2D eigenvalue weighted by Crippen LogP contribution is 2.35. The molecule has 0 saturated carbocycles. The largest absolute Gasteiger partial charge is 0.422 e. The molecule has 0 spiro atoms. The number of amides is 1. The zero-order valence-electron chi connectivity index (χ0n) is 22.9. The first-order chi connectivity index (χ1) is 18.3. The van der Waals surface area contributed by atoms with Gasteiger partial charge in [-0.25, -0.2) is 0 Å². The van der Waals surface area contributed by atoms with Crippen LogP contribution in [-0.2, 0) is 10.2 Å². The summed E-state index contributed by atoms with van der Waals surface area (Å²) in [6.45, 7) is 11.8. The van der Waals surface area contributed by atoms with Gasteiger partial charge in [-0.15, -0.1) is 0 Å². The lowest BCUT2D eigenvalue weighted by Gasteiger charge is -2.36. The van der Waals surface area contributed by atoms with Gasteiger partial charge >= 0.3 is 6.18 Å². The standard InChI is InChI=1S/C28H38F3N5O3/c1-27(2,3)20-4-7-23(8-5-20)34-16-14-33(15-17-34)12-11-26(37)35-13-10-22(19-35)32-21-6-9-25(36(38)39)24(18-21)28(29,30)31/h4-5,7-8,18,22,32H,6,9-17,19H2,1-3H3/t22-/m1/s1. The molecule has 1 atom stereocenters. The number of halogens is 3. The van der Waals surface area contributed by atoms with Crippen LogP contribution >= 0.6 is 0 Å². The Balaban J connectivity index is 1.21. The first kappa shape index (κ1) is 28.9. The molecule has 8 nitrogen and oxygen atoms in total. The monoisotopic (exact) mass is 549 g/mol. The van der Waals surface area contributed by atoms with Crippen molar-refractivity contribution in [1.29, 1.82) is 0 Å². The predicted molar refractivity (Wildman–Crippen MR) is 144 cm³/mol. The van der Waals surface area contributed by atoms with Crippen molar-refractivity contribution < 1.29 is 22.9 Å². The second-order valence-electron chi connectivity index (χ2n) is 11.6. The highest BCUT2D eigenvalue weighted by Gasteiger charge is 2.42. The molecular weight excluding hydrogens is 511 g/mol. The molecule has 39 heavy (non-hydrogen) atoms. The van der Waals surface area contributed by atoms with E-state index in [0.29, 0.717) is 38.2 Å². The molecule has 2 saturated heterocycles. The summed E-state index contributed by atoms with van der Waals surface area (Å²) in [5.41, 5.74) is 0.988. The van der Waals surface area contributed by atoms with Crippen LogP contribution in [0.3, 0.4) is 0 Å². The van der Waals surface area contributed by atoms with E-state index in [1.807, 2.05) is 0 Å². The van der Waals surface area contributed by atoms with E-state index in [4.69, 9.17) is 0 Å². The summed E-state index contributed by atoms with van der Waals surface area (Å²) in [7, 11) is 0. The smallest absolute Gasteiger partial charge is 0.384 e. The quantitative estimate of drug-likeness (QED) is 0.400. The Bertz CT molecular complexity index is 1120. The van der Waals surface area contributed by atoms with E-state index in [2.05, 4.69) is 60.2 Å². The number of nitrogens with zero attached hydrogens (tertiary/aromatic N) is 4. The summed E-state index contributed by atoms with van der Waals surface area (Å²) in [5.74, 6) is 0.0450. The fourth-order valence-electron chi connectivity index (χ4n) is 5.45. The third-order valence-corrected chi connectivity index (χ3v) is 7.83. The number of carbonyl (C=O) groups is 1. The van der Waals surface area contributed by atoms with Crippen molar-refractivity contribution in [1.82, 2.24) is 15.1 Å². The van der Waals surface area contributed by atoms with E-state index in [0.717, 1.165) is 32.3 Å². The van der Waals surface area contributed by atoms with Gasteiger partial charge < -0.3 is 15.1 Å². The van der Waals surface area contributed by atoms with Crippen LogP contribution < -0.4 is 10.2 Å². The van der Waals surface area contributed by atoms with Crippen LogP contribution in [-0.4, -0.2) is 78.7 Å². The Kier molecular flexibility index (Phi) is 8.58.